The van der Waals surface area contributed by atoms with E-state index >= 15 is 0 Å². The maximum Gasteiger partial charge on any atom is 0.419 e. The smallest absolute Gasteiger partial charge is 0.419 e. The van der Waals surface area contributed by atoms with Crippen molar-refractivity contribution in [3.63, 3.8) is 0 Å². The summed E-state index contributed by atoms with van der Waals surface area (Å²) in [6, 6.07) is 8.71. The van der Waals surface area contributed by atoms with Crippen molar-refractivity contribution in [1.82, 2.24) is 4.98 Å². The number of fused-ring (bicyclic) bond motifs is 4. The average molecular weight is 444 g/mol. The maximum absolute atomic E-state index is 13.8. The van der Waals surface area contributed by atoms with Gasteiger partial charge in [-0.1, -0.05) is 19.9 Å². The molecule has 0 amide bonds. The highest BCUT2D eigenvalue weighted by Gasteiger charge is 2.43. The summed E-state index contributed by atoms with van der Waals surface area (Å²) in [4.78, 5) is 16.1. The Morgan fingerprint density at radius 1 is 1.25 bits per heavy atom. The van der Waals surface area contributed by atoms with Crippen molar-refractivity contribution in [3.8, 4) is 11.8 Å². The minimum absolute atomic E-state index is 0.112. The number of carbonyl (C=O) groups is 1. The van der Waals surface area contributed by atoms with E-state index in [4.69, 9.17) is 9.84 Å². The number of nitriles is 1. The zero-order valence-corrected chi connectivity index (χ0v) is 17.2. The quantitative estimate of drug-likeness (QED) is 0.570. The number of hydrogen-bond acceptors (Lipinski definition) is 5. The predicted molar refractivity (Wildman–Crippen MR) is 109 cm³/mol. The van der Waals surface area contributed by atoms with E-state index in [-0.39, 0.29) is 23.1 Å². The second-order valence-electron chi connectivity index (χ2n) is 8.20. The number of halogens is 3. The zero-order valence-electron chi connectivity index (χ0n) is 17.2. The molecule has 0 unspecified atom stereocenters. The molecule has 0 saturated carbocycles. The van der Waals surface area contributed by atoms with Crippen LogP contribution in [0.2, 0.25) is 0 Å². The van der Waals surface area contributed by atoms with E-state index < -0.39 is 41.2 Å². The highest BCUT2D eigenvalue weighted by molar-refractivity contribution is 6.20. The summed E-state index contributed by atoms with van der Waals surface area (Å²) < 4.78 is 46.9. The summed E-state index contributed by atoms with van der Waals surface area (Å²) in [6.07, 6.45) is -5.86. The number of ketones is 1. The van der Waals surface area contributed by atoms with Gasteiger partial charge in [-0.15, -0.1) is 0 Å². The van der Waals surface area contributed by atoms with Crippen LogP contribution >= 0.6 is 0 Å². The Balaban J connectivity index is 1.92. The van der Waals surface area contributed by atoms with Crippen molar-refractivity contribution >= 4 is 16.7 Å². The molecule has 1 atom stereocenters. The third kappa shape index (κ3) is 3.23. The minimum atomic E-state index is -4.79. The summed E-state index contributed by atoms with van der Waals surface area (Å²) in [6.45, 7) is 2.92. The molecule has 0 radical (unpaired) electrons. The molecule has 1 heterocycles. The Morgan fingerprint density at radius 3 is 2.59 bits per heavy atom. The molecule has 0 bridgehead atoms. The Kier molecular flexibility index (Phi) is 5.03. The lowest BCUT2D eigenvalue weighted by atomic mass is 9.71. The Hall–Kier alpha value is -3.35. The third-order valence-corrected chi connectivity index (χ3v) is 5.79. The van der Waals surface area contributed by atoms with Gasteiger partial charge >= 0.3 is 6.18 Å². The molecule has 0 aliphatic heterocycles. The fraction of sp³-hybridized carbons (Fsp3) is 0.304. The molecule has 4 rings (SSSR count). The Morgan fingerprint density at radius 2 is 1.97 bits per heavy atom. The van der Waals surface area contributed by atoms with Crippen molar-refractivity contribution in [1.29, 1.82) is 5.26 Å². The molecule has 3 aromatic rings. The highest BCUT2D eigenvalue weighted by Crippen LogP contribution is 2.47. The van der Waals surface area contributed by atoms with Crippen molar-refractivity contribution < 1.29 is 32.9 Å². The van der Waals surface area contributed by atoms with Crippen LogP contribution in [0.25, 0.3) is 10.9 Å². The molecule has 9 heteroatoms. The van der Waals surface area contributed by atoms with Crippen LogP contribution in [0.4, 0.5) is 13.2 Å². The number of alkyl halides is 3. The van der Waals surface area contributed by atoms with Gasteiger partial charge in [0, 0.05) is 22.1 Å². The van der Waals surface area contributed by atoms with E-state index in [0.29, 0.717) is 22.6 Å². The number of ether oxygens (including phenoxy) is 1. The van der Waals surface area contributed by atoms with Crippen LogP contribution in [0.5, 0.6) is 5.75 Å². The fourth-order valence-corrected chi connectivity index (χ4v) is 4.20. The number of H-pyrrole nitrogens is 1. The lowest BCUT2D eigenvalue weighted by Crippen LogP contribution is -2.30. The topological polar surface area (TPSA) is 106 Å². The summed E-state index contributed by atoms with van der Waals surface area (Å²) >= 11 is 0. The van der Waals surface area contributed by atoms with Gasteiger partial charge in [0.1, 0.15) is 18.5 Å². The molecule has 1 aromatic heterocycles. The number of aromatic amines is 1. The average Bonchev–Trinajstić information content (AvgIpc) is 3.15. The third-order valence-electron chi connectivity index (χ3n) is 5.79. The van der Waals surface area contributed by atoms with Gasteiger partial charge in [0.2, 0.25) is 0 Å². The van der Waals surface area contributed by atoms with Gasteiger partial charge in [-0.3, -0.25) is 4.79 Å². The number of carbonyl (C=O) groups excluding carboxylic acids is 1. The van der Waals surface area contributed by atoms with E-state index in [2.05, 4.69) is 4.98 Å². The van der Waals surface area contributed by atoms with E-state index in [0.717, 1.165) is 6.07 Å². The lowest BCUT2D eigenvalue weighted by Gasteiger charge is -2.32. The molecule has 0 fully saturated rings. The Bertz CT molecular complexity index is 1290. The molecular weight excluding hydrogens is 425 g/mol. The van der Waals surface area contributed by atoms with E-state index in [1.807, 2.05) is 0 Å². The van der Waals surface area contributed by atoms with Crippen LogP contribution in [0.15, 0.2) is 30.3 Å². The number of nitrogens with one attached hydrogen (secondary N) is 1. The second kappa shape index (κ2) is 7.36. The number of aliphatic hydroxyl groups is 2. The van der Waals surface area contributed by atoms with Crippen molar-refractivity contribution in [2.24, 2.45) is 0 Å². The SMILES string of the molecule is CC1(C)c2cc(OC[C@@H](O)CO)ccc2C(=O)c2c1[nH]c1c(C(F)(F)F)c(C#N)ccc21. The molecule has 0 spiro atoms. The first-order valence-electron chi connectivity index (χ1n) is 9.78. The number of rotatable bonds is 4. The van der Waals surface area contributed by atoms with Gasteiger partial charge in [0.15, 0.2) is 5.78 Å². The first-order valence-corrected chi connectivity index (χ1v) is 9.78. The predicted octanol–water partition coefficient (Wildman–Crippen LogP) is 3.66. The largest absolute Gasteiger partial charge is 0.491 e. The summed E-state index contributed by atoms with van der Waals surface area (Å²) in [5.41, 5.74) is -1.45. The Labute approximate surface area is 180 Å². The maximum atomic E-state index is 13.8. The molecule has 0 saturated heterocycles. The first kappa shape index (κ1) is 21.9. The number of aromatic nitrogens is 1. The van der Waals surface area contributed by atoms with Crippen molar-refractivity contribution in [2.75, 3.05) is 13.2 Å². The van der Waals surface area contributed by atoms with Crippen LogP contribution in [-0.4, -0.2) is 40.3 Å². The van der Waals surface area contributed by atoms with E-state index in [1.165, 1.54) is 18.2 Å². The minimum Gasteiger partial charge on any atom is -0.491 e. The summed E-state index contributed by atoms with van der Waals surface area (Å²) in [5, 5.41) is 27.8. The molecule has 6 nitrogen and oxygen atoms in total. The monoisotopic (exact) mass is 444 g/mol. The number of aliphatic hydroxyl groups excluding tert-OH is 2. The molecular formula is C23H19F3N2O4. The van der Waals surface area contributed by atoms with E-state index in [1.54, 1.807) is 26.0 Å². The zero-order chi connectivity index (χ0) is 23.4. The van der Waals surface area contributed by atoms with Crippen LogP contribution in [-0.2, 0) is 11.6 Å². The van der Waals surface area contributed by atoms with Gasteiger partial charge in [-0.25, -0.2) is 0 Å². The summed E-state index contributed by atoms with van der Waals surface area (Å²) in [5.74, 6) is -0.0835. The standard InChI is InChI=1S/C23H19F3N2O4/c1-22(2)16-7-13(32-10-12(30)9-29)4-6-14(16)20(31)17-15-5-3-11(8-27)18(23(24,25)26)19(15)28-21(17)22/h3-7,12,28-30H,9-10H2,1-2H3/t12-/m0/s1. The van der Waals surface area contributed by atoms with Crippen LogP contribution in [0.3, 0.4) is 0 Å². The molecule has 1 aliphatic carbocycles. The second-order valence-corrected chi connectivity index (χ2v) is 8.20. The van der Waals surface area contributed by atoms with Crippen LogP contribution in [0.1, 0.15) is 52.2 Å². The number of hydrogen-bond donors (Lipinski definition) is 3. The van der Waals surface area contributed by atoms with E-state index in [9.17, 15) is 28.3 Å². The van der Waals surface area contributed by atoms with Crippen molar-refractivity contribution in [2.45, 2.75) is 31.5 Å². The summed E-state index contributed by atoms with van der Waals surface area (Å²) in [7, 11) is 0. The first-order chi connectivity index (χ1) is 15.0. The molecule has 2 aromatic carbocycles. The molecule has 1 aliphatic rings. The van der Waals surface area contributed by atoms with Crippen LogP contribution in [0, 0.1) is 11.3 Å². The molecule has 32 heavy (non-hydrogen) atoms. The normalized spacial score (nSPS) is 15.8. The number of benzene rings is 2. The van der Waals surface area contributed by atoms with Crippen LogP contribution < -0.4 is 4.74 Å². The van der Waals surface area contributed by atoms with Gasteiger partial charge in [0.05, 0.1) is 34.9 Å². The van der Waals surface area contributed by atoms with Gasteiger partial charge in [0.25, 0.3) is 0 Å². The molecule has 166 valence electrons. The lowest BCUT2D eigenvalue weighted by molar-refractivity contribution is -0.136. The highest BCUT2D eigenvalue weighted by atomic mass is 19.4. The van der Waals surface area contributed by atoms with Gasteiger partial charge in [-0.05, 0) is 29.8 Å². The van der Waals surface area contributed by atoms with Crippen molar-refractivity contribution in [3.05, 3.63) is 63.8 Å². The number of nitrogens with zero attached hydrogens (tertiary/aromatic N) is 1. The van der Waals surface area contributed by atoms with Gasteiger partial charge in [-0.2, -0.15) is 18.4 Å². The fourth-order valence-electron chi connectivity index (χ4n) is 4.20. The van der Waals surface area contributed by atoms with Gasteiger partial charge < -0.3 is 19.9 Å². The molecule has 3 N–H and O–H groups in total.